The van der Waals surface area contributed by atoms with Crippen molar-refractivity contribution in [1.29, 1.82) is 0 Å². The van der Waals surface area contributed by atoms with Gasteiger partial charge in [-0.1, -0.05) is 11.8 Å². The summed E-state index contributed by atoms with van der Waals surface area (Å²) in [5.41, 5.74) is 0. The second-order valence-corrected chi connectivity index (χ2v) is 4.99. The first-order valence-electron chi connectivity index (χ1n) is 5.04. The van der Waals surface area contributed by atoms with E-state index in [2.05, 4.69) is 10.2 Å². The van der Waals surface area contributed by atoms with Crippen LogP contribution in [0.4, 0.5) is 19.1 Å². The van der Waals surface area contributed by atoms with Crippen molar-refractivity contribution in [3.05, 3.63) is 0 Å². The molecule has 0 spiro atoms. The van der Waals surface area contributed by atoms with E-state index in [4.69, 9.17) is 0 Å². The molecule has 0 saturated carbocycles. The second-order valence-electron chi connectivity index (χ2n) is 4.04. The van der Waals surface area contributed by atoms with Crippen LogP contribution < -0.4 is 4.90 Å². The summed E-state index contributed by atoms with van der Waals surface area (Å²) in [7, 11) is 3.56. The lowest BCUT2D eigenvalue weighted by atomic mass is 10.4. The Labute approximate surface area is 102 Å². The van der Waals surface area contributed by atoms with Crippen molar-refractivity contribution in [2.24, 2.45) is 0 Å². The van der Waals surface area contributed by atoms with Gasteiger partial charge in [-0.05, 0) is 13.8 Å². The van der Waals surface area contributed by atoms with Gasteiger partial charge in [-0.25, -0.2) is 0 Å². The number of halogens is 3. The van der Waals surface area contributed by atoms with Crippen LogP contribution in [0.5, 0.6) is 0 Å². The molecule has 0 radical (unpaired) electrons. The summed E-state index contributed by atoms with van der Waals surface area (Å²) in [5, 5.41) is 7.98. The summed E-state index contributed by atoms with van der Waals surface area (Å²) in [6.07, 6.45) is -4.20. The first-order valence-corrected chi connectivity index (χ1v) is 6.02. The van der Waals surface area contributed by atoms with E-state index in [9.17, 15) is 13.2 Å². The Kier molecular flexibility index (Phi) is 4.29. The Morgan fingerprint density at radius 1 is 1.29 bits per heavy atom. The molecule has 17 heavy (non-hydrogen) atoms. The topological polar surface area (TPSA) is 34.0 Å². The average Bonchev–Trinajstić information content (AvgIpc) is 2.56. The summed E-state index contributed by atoms with van der Waals surface area (Å²) in [6, 6.07) is 0.0122. The summed E-state index contributed by atoms with van der Waals surface area (Å²) >= 11 is 0.658. The van der Waals surface area contributed by atoms with E-state index in [1.807, 2.05) is 13.8 Å². The molecule has 1 heterocycles. The van der Waals surface area contributed by atoms with Crippen LogP contribution in [0, 0.1) is 0 Å². The minimum absolute atomic E-state index is 0.0122. The zero-order valence-corrected chi connectivity index (χ0v) is 10.9. The number of rotatable bonds is 4. The Morgan fingerprint density at radius 3 is 2.29 bits per heavy atom. The van der Waals surface area contributed by atoms with Crippen molar-refractivity contribution in [2.75, 3.05) is 24.7 Å². The van der Waals surface area contributed by atoms with E-state index in [1.54, 1.807) is 23.6 Å². The second kappa shape index (κ2) is 5.16. The maximum atomic E-state index is 12.2. The third-order valence-electron chi connectivity index (χ3n) is 1.93. The lowest BCUT2D eigenvalue weighted by Crippen LogP contribution is -2.17. The Morgan fingerprint density at radius 2 is 1.88 bits per heavy atom. The van der Waals surface area contributed by atoms with Crippen LogP contribution in [-0.2, 0) is 0 Å². The molecule has 0 amide bonds. The number of nitrogens with zero attached hydrogens (tertiary/aromatic N) is 4. The van der Waals surface area contributed by atoms with E-state index in [0.29, 0.717) is 22.9 Å². The van der Waals surface area contributed by atoms with Gasteiger partial charge in [0, 0.05) is 20.1 Å². The molecule has 0 N–H and O–H groups in total. The molecule has 8 heteroatoms. The number of hydrogen-bond acceptors (Lipinski definition) is 4. The highest BCUT2D eigenvalue weighted by molar-refractivity contribution is 7.99. The van der Waals surface area contributed by atoms with Crippen LogP contribution in [-0.4, -0.2) is 40.8 Å². The van der Waals surface area contributed by atoms with Crippen molar-refractivity contribution >= 4 is 17.7 Å². The monoisotopic (exact) mass is 268 g/mol. The fraction of sp³-hybridized carbons (Fsp3) is 0.778. The van der Waals surface area contributed by atoms with Gasteiger partial charge in [-0.15, -0.1) is 10.2 Å². The fourth-order valence-corrected chi connectivity index (χ4v) is 2.09. The van der Waals surface area contributed by atoms with Crippen LogP contribution >= 0.6 is 11.8 Å². The number of aromatic nitrogens is 3. The average molecular weight is 268 g/mol. The number of hydrogen-bond donors (Lipinski definition) is 0. The van der Waals surface area contributed by atoms with E-state index < -0.39 is 11.9 Å². The lowest BCUT2D eigenvalue weighted by molar-refractivity contribution is -0.105. The standard InChI is InChI=1S/C9H15F3N4S/c1-6(2)16-7(15(3)4)13-14-8(16)17-5-9(10,11)12/h6H,5H2,1-4H3. The first-order chi connectivity index (χ1) is 7.72. The van der Waals surface area contributed by atoms with Crippen LogP contribution in [0.2, 0.25) is 0 Å². The normalized spacial score (nSPS) is 12.2. The molecule has 98 valence electrons. The van der Waals surface area contributed by atoms with Crippen molar-refractivity contribution < 1.29 is 13.2 Å². The zero-order valence-electron chi connectivity index (χ0n) is 10.1. The molecule has 0 saturated heterocycles. The third kappa shape index (κ3) is 3.79. The quantitative estimate of drug-likeness (QED) is 0.786. The molecule has 0 unspecified atom stereocenters. The highest BCUT2D eigenvalue weighted by Gasteiger charge is 2.29. The van der Waals surface area contributed by atoms with Crippen molar-refractivity contribution in [1.82, 2.24) is 14.8 Å². The molecule has 0 fully saturated rings. The smallest absolute Gasteiger partial charge is 0.347 e. The molecule has 0 bridgehead atoms. The van der Waals surface area contributed by atoms with Gasteiger partial charge in [0.05, 0.1) is 5.75 Å². The van der Waals surface area contributed by atoms with E-state index in [1.165, 1.54) is 0 Å². The number of alkyl halides is 3. The maximum Gasteiger partial charge on any atom is 0.398 e. The van der Waals surface area contributed by atoms with E-state index >= 15 is 0 Å². The Balaban J connectivity index is 2.93. The molecule has 4 nitrogen and oxygen atoms in total. The van der Waals surface area contributed by atoms with Crippen LogP contribution in [0.25, 0.3) is 0 Å². The van der Waals surface area contributed by atoms with Gasteiger partial charge in [0.2, 0.25) is 5.95 Å². The van der Waals surface area contributed by atoms with Gasteiger partial charge >= 0.3 is 6.18 Å². The largest absolute Gasteiger partial charge is 0.398 e. The first kappa shape index (κ1) is 14.1. The van der Waals surface area contributed by atoms with Crippen molar-refractivity contribution in [2.45, 2.75) is 31.2 Å². The van der Waals surface area contributed by atoms with Gasteiger partial charge in [0.15, 0.2) is 5.16 Å². The summed E-state index contributed by atoms with van der Waals surface area (Å²) in [5.74, 6) is -0.393. The van der Waals surface area contributed by atoms with Crippen LogP contribution in [0.1, 0.15) is 19.9 Å². The van der Waals surface area contributed by atoms with E-state index in [0.717, 1.165) is 0 Å². The predicted octanol–water partition coefficient (Wildman–Crippen LogP) is 2.58. The molecular formula is C9H15F3N4S. The minimum atomic E-state index is -4.20. The summed E-state index contributed by atoms with van der Waals surface area (Å²) < 4.78 is 38.1. The SMILES string of the molecule is CC(C)n1c(SCC(F)(F)F)nnc1N(C)C. The van der Waals surface area contributed by atoms with Gasteiger partial charge in [0.1, 0.15) is 0 Å². The summed E-state index contributed by atoms with van der Waals surface area (Å²) in [4.78, 5) is 1.73. The molecule has 0 atom stereocenters. The van der Waals surface area contributed by atoms with Crippen LogP contribution in [0.3, 0.4) is 0 Å². The molecule has 0 aliphatic carbocycles. The molecule has 0 aliphatic heterocycles. The van der Waals surface area contributed by atoms with Gasteiger partial charge in [-0.3, -0.25) is 4.57 Å². The molecule has 0 aromatic carbocycles. The summed E-state index contributed by atoms with van der Waals surface area (Å²) in [6.45, 7) is 3.77. The maximum absolute atomic E-state index is 12.2. The lowest BCUT2D eigenvalue weighted by Gasteiger charge is -2.17. The fourth-order valence-electron chi connectivity index (χ4n) is 1.27. The zero-order chi connectivity index (χ0) is 13.2. The highest BCUT2D eigenvalue weighted by atomic mass is 32.2. The molecule has 1 aromatic rings. The molecule has 1 rings (SSSR count). The third-order valence-corrected chi connectivity index (χ3v) is 2.94. The van der Waals surface area contributed by atoms with Crippen LogP contribution in [0.15, 0.2) is 5.16 Å². The molecule has 0 aliphatic rings. The Hall–Kier alpha value is -0.920. The number of anilines is 1. The predicted molar refractivity (Wildman–Crippen MR) is 61.5 cm³/mol. The van der Waals surface area contributed by atoms with Gasteiger partial charge in [-0.2, -0.15) is 13.2 Å². The number of thioether (sulfide) groups is 1. The van der Waals surface area contributed by atoms with Crippen molar-refractivity contribution in [3.8, 4) is 0 Å². The van der Waals surface area contributed by atoms with E-state index in [-0.39, 0.29) is 6.04 Å². The van der Waals surface area contributed by atoms with Gasteiger partial charge in [0.25, 0.3) is 0 Å². The highest BCUT2D eigenvalue weighted by Crippen LogP contribution is 2.29. The van der Waals surface area contributed by atoms with Crippen molar-refractivity contribution in [3.63, 3.8) is 0 Å². The molecular weight excluding hydrogens is 253 g/mol. The van der Waals surface area contributed by atoms with Gasteiger partial charge < -0.3 is 4.90 Å². The Bertz CT molecular complexity index is 373. The minimum Gasteiger partial charge on any atom is -0.347 e. The molecule has 1 aromatic heterocycles.